The van der Waals surface area contributed by atoms with Crippen molar-refractivity contribution in [3.8, 4) is 5.75 Å². The Labute approximate surface area is 124 Å². The third-order valence-corrected chi connectivity index (χ3v) is 3.48. The Balaban J connectivity index is 2.34. The molecule has 6 heteroatoms. The van der Waals surface area contributed by atoms with E-state index in [1.54, 1.807) is 30.3 Å². The number of likely N-dealkylation sites (N-methyl/N-ethyl adjacent to an activating group) is 1. The molecule has 1 atom stereocenters. The van der Waals surface area contributed by atoms with E-state index in [9.17, 15) is 5.11 Å². The number of hydrogen-bond acceptors (Lipinski definition) is 5. The fraction of sp³-hybridized carbons (Fsp3) is 0.533. The normalized spacial score (nSPS) is 12.9. The summed E-state index contributed by atoms with van der Waals surface area (Å²) in [5.41, 5.74) is 1.43. The Kier molecular flexibility index (Phi) is 5.03. The Morgan fingerprint density at radius 3 is 2.86 bits per heavy atom. The van der Waals surface area contributed by atoms with Gasteiger partial charge < -0.3 is 19.2 Å². The van der Waals surface area contributed by atoms with Gasteiger partial charge in [0.2, 0.25) is 0 Å². The van der Waals surface area contributed by atoms with Crippen LogP contribution < -0.4 is 4.74 Å². The van der Waals surface area contributed by atoms with Crippen molar-refractivity contribution in [3.63, 3.8) is 0 Å². The number of ether oxygens (including phenoxy) is 1. The van der Waals surface area contributed by atoms with Gasteiger partial charge in [0.1, 0.15) is 17.6 Å². The minimum Gasteiger partial charge on any atom is -0.493 e. The maximum absolute atomic E-state index is 10.7. The molecule has 0 aromatic carbocycles. The van der Waals surface area contributed by atoms with Crippen LogP contribution in [-0.4, -0.2) is 47.5 Å². The van der Waals surface area contributed by atoms with Crippen LogP contribution in [-0.2, 0) is 13.0 Å². The van der Waals surface area contributed by atoms with Gasteiger partial charge in [-0.05, 0) is 20.2 Å². The zero-order valence-corrected chi connectivity index (χ0v) is 13.0. The van der Waals surface area contributed by atoms with Crippen molar-refractivity contribution in [2.75, 3.05) is 27.7 Å². The molecule has 0 radical (unpaired) electrons. The summed E-state index contributed by atoms with van der Waals surface area (Å²) >= 11 is 0. The molecule has 116 valence electrons. The SMILES string of the molecule is CCc1occc1C(O)c1c(OC)cnn1CCN(C)C. The van der Waals surface area contributed by atoms with Gasteiger partial charge in [0.25, 0.3) is 0 Å². The first kappa shape index (κ1) is 15.6. The van der Waals surface area contributed by atoms with Gasteiger partial charge in [0.05, 0.1) is 26.1 Å². The summed E-state index contributed by atoms with van der Waals surface area (Å²) in [7, 11) is 5.59. The topological polar surface area (TPSA) is 63.7 Å². The Morgan fingerprint density at radius 2 is 2.24 bits per heavy atom. The molecule has 2 rings (SSSR count). The average Bonchev–Trinajstić information content (AvgIpc) is 3.10. The van der Waals surface area contributed by atoms with Gasteiger partial charge >= 0.3 is 0 Å². The van der Waals surface area contributed by atoms with E-state index in [-0.39, 0.29) is 0 Å². The molecule has 2 aromatic heterocycles. The summed E-state index contributed by atoms with van der Waals surface area (Å²) in [4.78, 5) is 2.07. The fourth-order valence-electron chi connectivity index (χ4n) is 2.31. The highest BCUT2D eigenvalue weighted by Crippen LogP contribution is 2.32. The summed E-state index contributed by atoms with van der Waals surface area (Å²) in [6.07, 6.45) is 3.16. The first-order valence-electron chi connectivity index (χ1n) is 7.07. The van der Waals surface area contributed by atoms with Crippen molar-refractivity contribution in [1.29, 1.82) is 0 Å². The van der Waals surface area contributed by atoms with Crippen molar-refractivity contribution in [2.45, 2.75) is 26.0 Å². The molecule has 0 fully saturated rings. The number of hydrogen-bond donors (Lipinski definition) is 1. The molecule has 0 bridgehead atoms. The molecule has 0 aliphatic carbocycles. The molecule has 1 unspecified atom stereocenters. The Morgan fingerprint density at radius 1 is 1.48 bits per heavy atom. The van der Waals surface area contributed by atoms with Crippen LogP contribution in [0.5, 0.6) is 5.75 Å². The number of methoxy groups -OCH3 is 1. The average molecular weight is 293 g/mol. The second kappa shape index (κ2) is 6.78. The van der Waals surface area contributed by atoms with E-state index in [4.69, 9.17) is 9.15 Å². The lowest BCUT2D eigenvalue weighted by molar-refractivity contribution is 0.197. The van der Waals surface area contributed by atoms with E-state index in [1.807, 2.05) is 21.0 Å². The molecule has 2 heterocycles. The maximum atomic E-state index is 10.7. The molecular weight excluding hydrogens is 270 g/mol. The van der Waals surface area contributed by atoms with Crippen LogP contribution in [0.15, 0.2) is 22.9 Å². The van der Waals surface area contributed by atoms with Crippen LogP contribution in [0.3, 0.4) is 0 Å². The van der Waals surface area contributed by atoms with Gasteiger partial charge in [-0.1, -0.05) is 6.92 Å². The van der Waals surface area contributed by atoms with Crippen LogP contribution >= 0.6 is 0 Å². The minimum atomic E-state index is -0.807. The van der Waals surface area contributed by atoms with Gasteiger partial charge in [-0.3, -0.25) is 4.68 Å². The standard InChI is InChI=1S/C15H23N3O3/c1-5-12-11(6-9-21-12)15(19)14-13(20-4)10-16-18(14)8-7-17(2)3/h6,9-10,15,19H,5,7-8H2,1-4H3. The number of furan rings is 1. The summed E-state index contributed by atoms with van der Waals surface area (Å²) in [5.74, 6) is 1.37. The molecule has 0 amide bonds. The Bertz CT molecular complexity index is 574. The van der Waals surface area contributed by atoms with Crippen LogP contribution in [0.1, 0.15) is 30.0 Å². The third-order valence-electron chi connectivity index (χ3n) is 3.48. The maximum Gasteiger partial charge on any atom is 0.163 e. The summed E-state index contributed by atoms with van der Waals surface area (Å²) < 4.78 is 12.5. The zero-order valence-electron chi connectivity index (χ0n) is 13.0. The number of aliphatic hydroxyl groups is 1. The molecule has 0 spiro atoms. The first-order chi connectivity index (χ1) is 10.1. The van der Waals surface area contributed by atoms with Crippen molar-refractivity contribution in [3.05, 3.63) is 35.5 Å². The van der Waals surface area contributed by atoms with Gasteiger partial charge in [-0.25, -0.2) is 0 Å². The molecule has 6 nitrogen and oxygen atoms in total. The van der Waals surface area contributed by atoms with E-state index >= 15 is 0 Å². The fourth-order valence-corrected chi connectivity index (χ4v) is 2.31. The van der Waals surface area contributed by atoms with Crippen molar-refractivity contribution in [1.82, 2.24) is 14.7 Å². The predicted octanol–water partition coefficient (Wildman–Crippen LogP) is 1.69. The van der Waals surface area contributed by atoms with Gasteiger partial charge in [-0.2, -0.15) is 5.10 Å². The number of aromatic nitrogens is 2. The number of rotatable bonds is 7. The van der Waals surface area contributed by atoms with Crippen LogP contribution in [0.4, 0.5) is 0 Å². The lowest BCUT2D eigenvalue weighted by atomic mass is 10.1. The monoisotopic (exact) mass is 293 g/mol. The highest BCUT2D eigenvalue weighted by atomic mass is 16.5. The number of nitrogens with zero attached hydrogens (tertiary/aromatic N) is 3. The summed E-state index contributed by atoms with van der Waals surface area (Å²) in [6.45, 7) is 3.51. The van der Waals surface area contributed by atoms with E-state index in [0.717, 1.165) is 24.3 Å². The second-order valence-corrected chi connectivity index (χ2v) is 5.18. The molecule has 0 saturated carbocycles. The molecule has 0 saturated heterocycles. The highest BCUT2D eigenvalue weighted by Gasteiger charge is 2.24. The molecular formula is C15H23N3O3. The molecule has 21 heavy (non-hydrogen) atoms. The summed E-state index contributed by atoms with van der Waals surface area (Å²) in [6, 6.07) is 1.80. The molecule has 0 aliphatic rings. The van der Waals surface area contributed by atoms with Crippen LogP contribution in [0.2, 0.25) is 0 Å². The number of aliphatic hydroxyl groups excluding tert-OH is 1. The second-order valence-electron chi connectivity index (χ2n) is 5.18. The highest BCUT2D eigenvalue weighted by molar-refractivity contribution is 5.36. The lowest BCUT2D eigenvalue weighted by Gasteiger charge is -2.16. The molecule has 1 N–H and O–H groups in total. The van der Waals surface area contributed by atoms with E-state index < -0.39 is 6.10 Å². The summed E-state index contributed by atoms with van der Waals surface area (Å²) in [5, 5.41) is 15.0. The Hall–Kier alpha value is -1.79. The number of aryl methyl sites for hydroxylation is 1. The van der Waals surface area contributed by atoms with Gasteiger partial charge in [0, 0.05) is 18.5 Å². The smallest absolute Gasteiger partial charge is 0.163 e. The van der Waals surface area contributed by atoms with Crippen molar-refractivity contribution >= 4 is 0 Å². The third kappa shape index (κ3) is 3.28. The van der Waals surface area contributed by atoms with Crippen LogP contribution in [0, 0.1) is 0 Å². The molecule has 2 aromatic rings. The largest absolute Gasteiger partial charge is 0.493 e. The first-order valence-corrected chi connectivity index (χ1v) is 7.07. The van der Waals surface area contributed by atoms with Crippen molar-refractivity contribution < 1.29 is 14.3 Å². The lowest BCUT2D eigenvalue weighted by Crippen LogP contribution is -2.21. The molecule has 0 aliphatic heterocycles. The van der Waals surface area contributed by atoms with Crippen LogP contribution in [0.25, 0.3) is 0 Å². The minimum absolute atomic E-state index is 0.588. The van der Waals surface area contributed by atoms with Gasteiger partial charge in [-0.15, -0.1) is 0 Å². The zero-order chi connectivity index (χ0) is 15.4. The van der Waals surface area contributed by atoms with E-state index in [2.05, 4.69) is 10.00 Å². The quantitative estimate of drug-likeness (QED) is 0.841. The van der Waals surface area contributed by atoms with E-state index in [0.29, 0.717) is 18.0 Å². The van der Waals surface area contributed by atoms with Gasteiger partial charge in [0.15, 0.2) is 5.75 Å². The van der Waals surface area contributed by atoms with E-state index in [1.165, 1.54) is 0 Å². The predicted molar refractivity (Wildman–Crippen MR) is 79.5 cm³/mol. The van der Waals surface area contributed by atoms with Crippen molar-refractivity contribution in [2.24, 2.45) is 0 Å².